The quantitative estimate of drug-likeness (QED) is 0.687. The molecule has 1 amide bonds. The minimum Gasteiger partial charge on any atom is -0.493 e. The Balaban J connectivity index is 1.63. The Kier molecular flexibility index (Phi) is 4.88. The summed E-state index contributed by atoms with van der Waals surface area (Å²) in [6.45, 7) is 1.76. The summed E-state index contributed by atoms with van der Waals surface area (Å²) in [7, 11) is 0. The minimum atomic E-state index is -4.33. The van der Waals surface area contributed by atoms with Crippen LogP contribution in [0.3, 0.4) is 0 Å². The second-order valence-corrected chi connectivity index (χ2v) is 5.88. The van der Waals surface area contributed by atoms with Gasteiger partial charge in [-0.05, 0) is 35.9 Å². The zero-order valence-electron chi connectivity index (χ0n) is 14.0. The van der Waals surface area contributed by atoms with Crippen LogP contribution in [0.15, 0.2) is 48.7 Å². The van der Waals surface area contributed by atoms with E-state index in [4.69, 9.17) is 4.74 Å². The lowest BCUT2D eigenvalue weighted by atomic mass is 10.1. The van der Waals surface area contributed by atoms with Crippen LogP contribution in [0, 0.1) is 0 Å². The van der Waals surface area contributed by atoms with Gasteiger partial charge in [0.1, 0.15) is 5.75 Å². The number of hydrogen-bond donors (Lipinski definition) is 2. The van der Waals surface area contributed by atoms with Crippen LogP contribution in [0.5, 0.6) is 5.75 Å². The summed E-state index contributed by atoms with van der Waals surface area (Å²) < 4.78 is 43.4. The van der Waals surface area contributed by atoms with E-state index < -0.39 is 11.7 Å². The third-order valence-corrected chi connectivity index (χ3v) is 3.90. The molecule has 2 N–H and O–H groups in total. The van der Waals surface area contributed by atoms with E-state index in [0.717, 1.165) is 28.6 Å². The number of alkyl halides is 3. The number of aromatic amines is 1. The molecule has 0 saturated carbocycles. The Morgan fingerprint density at radius 2 is 1.88 bits per heavy atom. The average Bonchev–Trinajstić information content (AvgIpc) is 2.96. The van der Waals surface area contributed by atoms with Crippen molar-refractivity contribution < 1.29 is 22.7 Å². The highest BCUT2D eigenvalue weighted by Gasteiger charge is 2.29. The van der Waals surface area contributed by atoms with Crippen molar-refractivity contribution in [1.82, 2.24) is 4.98 Å². The molecule has 0 unspecified atom stereocenters. The fourth-order valence-electron chi connectivity index (χ4n) is 2.63. The zero-order chi connectivity index (χ0) is 18.7. The molecule has 2 aromatic carbocycles. The Morgan fingerprint density at radius 1 is 1.15 bits per heavy atom. The van der Waals surface area contributed by atoms with Gasteiger partial charge in [-0.1, -0.05) is 12.1 Å². The molecule has 26 heavy (non-hydrogen) atoms. The van der Waals surface area contributed by atoms with Gasteiger partial charge in [-0.3, -0.25) is 4.79 Å². The van der Waals surface area contributed by atoms with Crippen LogP contribution in [-0.4, -0.2) is 17.5 Å². The first-order chi connectivity index (χ1) is 12.3. The average molecular weight is 362 g/mol. The lowest BCUT2D eigenvalue weighted by molar-refractivity contribution is -0.137. The molecule has 0 aliphatic rings. The minimum absolute atomic E-state index is 0.167. The highest BCUT2D eigenvalue weighted by Crippen LogP contribution is 2.29. The molecule has 136 valence electrons. The molecule has 3 aromatic rings. The molecule has 0 radical (unpaired) electrons. The maximum Gasteiger partial charge on any atom is 0.416 e. The number of hydrogen-bond acceptors (Lipinski definition) is 2. The first kappa shape index (κ1) is 17.8. The van der Waals surface area contributed by atoms with Crippen molar-refractivity contribution in [1.29, 1.82) is 0 Å². The van der Waals surface area contributed by atoms with Crippen LogP contribution in [0.4, 0.5) is 18.9 Å². The highest BCUT2D eigenvalue weighted by atomic mass is 19.4. The van der Waals surface area contributed by atoms with E-state index in [1.807, 2.05) is 12.1 Å². The van der Waals surface area contributed by atoms with Gasteiger partial charge in [0.2, 0.25) is 5.91 Å². The number of fused-ring (bicyclic) bond motifs is 1. The number of halogens is 3. The third kappa shape index (κ3) is 4.17. The number of rotatable bonds is 5. The van der Waals surface area contributed by atoms with Gasteiger partial charge in [0, 0.05) is 30.4 Å². The van der Waals surface area contributed by atoms with E-state index in [0.29, 0.717) is 24.5 Å². The van der Waals surface area contributed by atoms with Gasteiger partial charge in [-0.25, -0.2) is 0 Å². The number of aromatic nitrogens is 1. The number of anilines is 1. The molecule has 1 aromatic heterocycles. The van der Waals surface area contributed by atoms with Crippen LogP contribution in [0.2, 0.25) is 0 Å². The SMILES string of the molecule is CC(=O)Nc1c[nH]c2ccc(OCCc3ccc(C(F)(F)F)cc3)cc12. The van der Waals surface area contributed by atoms with Crippen molar-refractivity contribution in [2.75, 3.05) is 11.9 Å². The number of H-pyrrole nitrogens is 1. The van der Waals surface area contributed by atoms with E-state index in [1.54, 1.807) is 12.3 Å². The maximum atomic E-state index is 12.6. The molecule has 0 aliphatic carbocycles. The molecule has 0 saturated heterocycles. The lowest BCUT2D eigenvalue weighted by Gasteiger charge is -2.09. The van der Waals surface area contributed by atoms with Crippen molar-refractivity contribution in [3.63, 3.8) is 0 Å². The molecule has 0 bridgehead atoms. The van der Waals surface area contributed by atoms with Crippen LogP contribution in [-0.2, 0) is 17.4 Å². The lowest BCUT2D eigenvalue weighted by Crippen LogP contribution is -2.06. The third-order valence-electron chi connectivity index (χ3n) is 3.90. The Bertz CT molecular complexity index is 915. The largest absolute Gasteiger partial charge is 0.493 e. The molecule has 1 heterocycles. The summed E-state index contributed by atoms with van der Waals surface area (Å²) in [5.74, 6) is 0.454. The van der Waals surface area contributed by atoms with E-state index in [9.17, 15) is 18.0 Å². The topological polar surface area (TPSA) is 54.1 Å². The number of carbonyl (C=O) groups excluding carboxylic acids is 1. The van der Waals surface area contributed by atoms with Crippen molar-refractivity contribution in [2.24, 2.45) is 0 Å². The first-order valence-electron chi connectivity index (χ1n) is 8.00. The molecule has 3 rings (SSSR count). The second kappa shape index (κ2) is 7.11. The van der Waals surface area contributed by atoms with Crippen LogP contribution in [0.1, 0.15) is 18.1 Å². The standard InChI is InChI=1S/C19H17F3N2O2/c1-12(25)24-18-11-23-17-7-6-15(10-16(17)18)26-9-8-13-2-4-14(5-3-13)19(20,21)22/h2-7,10-11,23H,8-9H2,1H3,(H,24,25). The van der Waals surface area contributed by atoms with E-state index in [2.05, 4.69) is 10.3 Å². The molecule has 4 nitrogen and oxygen atoms in total. The van der Waals surface area contributed by atoms with E-state index >= 15 is 0 Å². The summed E-state index contributed by atoms with van der Waals surface area (Å²) in [4.78, 5) is 14.3. The van der Waals surface area contributed by atoms with Gasteiger partial charge in [0.15, 0.2) is 0 Å². The highest BCUT2D eigenvalue weighted by molar-refractivity contribution is 6.01. The van der Waals surface area contributed by atoms with Crippen molar-refractivity contribution in [3.05, 3.63) is 59.8 Å². The predicted molar refractivity (Wildman–Crippen MR) is 93.2 cm³/mol. The summed E-state index contributed by atoms with van der Waals surface area (Å²) in [6.07, 6.45) is -2.13. The van der Waals surface area contributed by atoms with Crippen LogP contribution >= 0.6 is 0 Å². The molecule has 0 aliphatic heterocycles. The fraction of sp³-hybridized carbons (Fsp3) is 0.211. The maximum absolute atomic E-state index is 12.6. The Hall–Kier alpha value is -2.96. The smallest absolute Gasteiger partial charge is 0.416 e. The summed E-state index contributed by atoms with van der Waals surface area (Å²) in [5, 5.41) is 3.56. The fourth-order valence-corrected chi connectivity index (χ4v) is 2.63. The number of ether oxygens (including phenoxy) is 1. The second-order valence-electron chi connectivity index (χ2n) is 5.88. The van der Waals surface area contributed by atoms with Gasteiger partial charge in [-0.15, -0.1) is 0 Å². The molecular weight excluding hydrogens is 345 g/mol. The van der Waals surface area contributed by atoms with E-state index in [1.165, 1.54) is 19.1 Å². The Morgan fingerprint density at radius 3 is 2.54 bits per heavy atom. The van der Waals surface area contributed by atoms with Crippen molar-refractivity contribution in [2.45, 2.75) is 19.5 Å². The summed E-state index contributed by atoms with van der Waals surface area (Å²) >= 11 is 0. The number of benzene rings is 2. The molecule has 7 heteroatoms. The number of nitrogens with one attached hydrogen (secondary N) is 2. The van der Waals surface area contributed by atoms with Gasteiger partial charge in [0.05, 0.1) is 17.9 Å². The van der Waals surface area contributed by atoms with Gasteiger partial charge in [-0.2, -0.15) is 13.2 Å². The monoisotopic (exact) mass is 362 g/mol. The van der Waals surface area contributed by atoms with Gasteiger partial charge < -0.3 is 15.0 Å². The number of carbonyl (C=O) groups is 1. The Labute approximate surface area is 148 Å². The predicted octanol–water partition coefficient (Wildman–Crippen LogP) is 4.77. The molecule has 0 spiro atoms. The summed E-state index contributed by atoms with van der Waals surface area (Å²) in [6, 6.07) is 10.5. The number of amides is 1. The molecule has 0 fully saturated rings. The van der Waals surface area contributed by atoms with Crippen molar-refractivity contribution in [3.8, 4) is 5.75 Å². The van der Waals surface area contributed by atoms with Gasteiger partial charge in [0.25, 0.3) is 0 Å². The normalized spacial score (nSPS) is 11.5. The van der Waals surface area contributed by atoms with Crippen LogP contribution in [0.25, 0.3) is 10.9 Å². The van der Waals surface area contributed by atoms with E-state index in [-0.39, 0.29) is 5.91 Å². The zero-order valence-corrected chi connectivity index (χ0v) is 14.0. The van der Waals surface area contributed by atoms with Gasteiger partial charge >= 0.3 is 6.18 Å². The van der Waals surface area contributed by atoms with Crippen molar-refractivity contribution >= 4 is 22.5 Å². The van der Waals surface area contributed by atoms with Crippen LogP contribution < -0.4 is 10.1 Å². The molecule has 0 atom stereocenters. The molecular formula is C19H17F3N2O2. The first-order valence-corrected chi connectivity index (χ1v) is 8.00. The summed E-state index contributed by atoms with van der Waals surface area (Å²) in [5.41, 5.74) is 1.63.